The predicted octanol–water partition coefficient (Wildman–Crippen LogP) is 5.43. The van der Waals surface area contributed by atoms with E-state index in [9.17, 15) is 4.79 Å². The summed E-state index contributed by atoms with van der Waals surface area (Å²) < 4.78 is 0. The van der Waals surface area contributed by atoms with Gasteiger partial charge in [-0.05, 0) is 6.42 Å². The van der Waals surface area contributed by atoms with E-state index >= 15 is 0 Å². The van der Waals surface area contributed by atoms with Crippen LogP contribution >= 0.6 is 0 Å². The molecule has 0 aliphatic heterocycles. The molecule has 0 aromatic rings. The van der Waals surface area contributed by atoms with Gasteiger partial charge in [0.15, 0.2) is 0 Å². The zero-order valence-electron chi connectivity index (χ0n) is 12.0. The fourth-order valence-electron chi connectivity index (χ4n) is 2.17. The zero-order valence-corrected chi connectivity index (χ0v) is 12.0. The quantitative estimate of drug-likeness (QED) is 0.391. The van der Waals surface area contributed by atoms with Crippen molar-refractivity contribution in [3.63, 3.8) is 0 Å². The summed E-state index contributed by atoms with van der Waals surface area (Å²) in [6.45, 7) is 4.23. The van der Waals surface area contributed by atoms with Crippen LogP contribution in [-0.4, -0.2) is 6.29 Å². The Kier molecular flexibility index (Phi) is 13.5. The zero-order chi connectivity index (χ0) is 12.8. The van der Waals surface area contributed by atoms with Crippen molar-refractivity contribution in [2.45, 2.75) is 90.9 Å². The van der Waals surface area contributed by atoms with Crippen molar-refractivity contribution in [2.75, 3.05) is 0 Å². The second-order valence-corrected chi connectivity index (χ2v) is 5.34. The van der Waals surface area contributed by atoms with Gasteiger partial charge in [0.05, 0.1) is 0 Å². The van der Waals surface area contributed by atoms with Gasteiger partial charge in [-0.3, -0.25) is 4.79 Å². The molecule has 0 saturated heterocycles. The average Bonchev–Trinajstić information content (AvgIpc) is 2.35. The van der Waals surface area contributed by atoms with Gasteiger partial charge in [0.25, 0.3) is 0 Å². The van der Waals surface area contributed by atoms with Crippen molar-refractivity contribution in [3.8, 4) is 0 Å². The van der Waals surface area contributed by atoms with Gasteiger partial charge in [-0.25, -0.2) is 0 Å². The molecule has 0 heterocycles. The molecule has 101 valence electrons. The van der Waals surface area contributed by atoms with Gasteiger partial charge in [0, 0.05) is 5.92 Å². The average molecular weight is 239 g/mol. The van der Waals surface area contributed by atoms with Gasteiger partial charge in [0.2, 0.25) is 6.29 Å². The molecule has 0 aromatic heterocycles. The molecule has 0 rings (SSSR count). The normalized spacial score (nSPS) is 12.6. The first-order valence-electron chi connectivity index (χ1n) is 7.69. The van der Waals surface area contributed by atoms with Crippen LogP contribution in [0.1, 0.15) is 90.9 Å². The first kappa shape index (κ1) is 16.7. The Morgan fingerprint density at radius 3 is 1.59 bits per heavy atom. The minimum atomic E-state index is 0.147. The van der Waals surface area contributed by atoms with Crippen LogP contribution in [0.5, 0.6) is 0 Å². The largest absolute Gasteiger partial charge is 0.291 e. The van der Waals surface area contributed by atoms with Crippen molar-refractivity contribution >= 4 is 6.29 Å². The Hall–Kier alpha value is -0.330. The molecule has 0 spiro atoms. The van der Waals surface area contributed by atoms with Crippen LogP contribution in [0.25, 0.3) is 0 Å². The van der Waals surface area contributed by atoms with Crippen molar-refractivity contribution in [2.24, 2.45) is 5.92 Å². The van der Waals surface area contributed by atoms with E-state index in [1.54, 1.807) is 0 Å². The molecule has 1 radical (unpaired) electrons. The van der Waals surface area contributed by atoms with E-state index in [1.807, 2.05) is 6.92 Å². The number of unbranched alkanes of at least 4 members (excludes halogenated alkanes) is 10. The highest BCUT2D eigenvalue weighted by atomic mass is 16.1. The lowest BCUT2D eigenvalue weighted by molar-refractivity contribution is 0.497. The molecule has 1 heteroatoms. The molecule has 0 fully saturated rings. The van der Waals surface area contributed by atoms with E-state index in [2.05, 4.69) is 13.2 Å². The molecule has 0 bridgehead atoms. The van der Waals surface area contributed by atoms with Crippen molar-refractivity contribution in [1.82, 2.24) is 0 Å². The first-order valence-corrected chi connectivity index (χ1v) is 7.69. The van der Waals surface area contributed by atoms with Gasteiger partial charge in [0.1, 0.15) is 0 Å². The van der Waals surface area contributed by atoms with Crippen LogP contribution in [0.15, 0.2) is 0 Å². The predicted molar refractivity (Wildman–Crippen MR) is 75.9 cm³/mol. The van der Waals surface area contributed by atoms with Crippen LogP contribution in [0.4, 0.5) is 0 Å². The summed E-state index contributed by atoms with van der Waals surface area (Å²) in [6, 6.07) is 0. The molecular formula is C16H31O. The van der Waals surface area contributed by atoms with Crippen LogP contribution in [0.3, 0.4) is 0 Å². The molecule has 0 N–H and O–H groups in total. The lowest BCUT2D eigenvalue weighted by Gasteiger charge is -2.03. The minimum absolute atomic E-state index is 0.147. The lowest BCUT2D eigenvalue weighted by Crippen LogP contribution is -1.94. The molecule has 0 aliphatic carbocycles. The van der Waals surface area contributed by atoms with Gasteiger partial charge < -0.3 is 0 Å². The van der Waals surface area contributed by atoms with E-state index in [4.69, 9.17) is 0 Å². The topological polar surface area (TPSA) is 17.1 Å². The third kappa shape index (κ3) is 13.6. The number of hydrogen-bond donors (Lipinski definition) is 0. The number of hydrogen-bond acceptors (Lipinski definition) is 1. The van der Waals surface area contributed by atoms with Crippen molar-refractivity contribution < 1.29 is 4.79 Å². The molecule has 1 nitrogen and oxygen atoms in total. The Morgan fingerprint density at radius 2 is 1.18 bits per heavy atom. The number of rotatable bonds is 13. The molecule has 1 atom stereocenters. The summed E-state index contributed by atoms with van der Waals surface area (Å²) in [4.78, 5) is 10.3. The fraction of sp³-hybridized carbons (Fsp3) is 0.938. The van der Waals surface area contributed by atoms with Crippen molar-refractivity contribution in [3.05, 3.63) is 0 Å². The molecule has 0 saturated carbocycles. The summed E-state index contributed by atoms with van der Waals surface area (Å²) in [6.07, 6.45) is 18.2. The summed E-state index contributed by atoms with van der Waals surface area (Å²) in [5.41, 5.74) is 0. The van der Waals surface area contributed by atoms with Gasteiger partial charge >= 0.3 is 0 Å². The van der Waals surface area contributed by atoms with Crippen LogP contribution in [0.2, 0.25) is 0 Å². The smallest absolute Gasteiger partial charge is 0.201 e. The highest BCUT2D eigenvalue weighted by Crippen LogP contribution is 2.13. The molecule has 0 aromatic carbocycles. The van der Waals surface area contributed by atoms with Gasteiger partial charge in [-0.1, -0.05) is 84.5 Å². The third-order valence-corrected chi connectivity index (χ3v) is 3.44. The Morgan fingerprint density at radius 1 is 0.765 bits per heavy atom. The molecular weight excluding hydrogens is 208 g/mol. The van der Waals surface area contributed by atoms with Gasteiger partial charge in [-0.2, -0.15) is 0 Å². The summed E-state index contributed by atoms with van der Waals surface area (Å²) in [5, 5.41) is 0. The summed E-state index contributed by atoms with van der Waals surface area (Å²) >= 11 is 0. The second-order valence-electron chi connectivity index (χ2n) is 5.34. The molecule has 17 heavy (non-hydrogen) atoms. The lowest BCUT2D eigenvalue weighted by atomic mass is 10.0. The van der Waals surface area contributed by atoms with E-state index < -0.39 is 0 Å². The highest BCUT2D eigenvalue weighted by Gasteiger charge is 1.99. The number of carbonyl (C=O) groups excluding carboxylic acids is 1. The second kappa shape index (κ2) is 13.7. The Labute approximate surface area is 108 Å². The first-order chi connectivity index (χ1) is 8.31. The summed E-state index contributed by atoms with van der Waals surface area (Å²) in [7, 11) is 0. The van der Waals surface area contributed by atoms with Crippen LogP contribution < -0.4 is 0 Å². The monoisotopic (exact) mass is 239 g/mol. The SMILES string of the molecule is CCCCCCCCCCCCC[C@@H](C)[C]=O. The maximum absolute atomic E-state index is 10.3. The molecule has 0 aliphatic rings. The Bertz CT molecular complexity index is 154. The molecule has 0 unspecified atom stereocenters. The van der Waals surface area contributed by atoms with E-state index in [-0.39, 0.29) is 5.92 Å². The Balaban J connectivity index is 2.96. The van der Waals surface area contributed by atoms with E-state index in [0.717, 1.165) is 6.42 Å². The fourth-order valence-corrected chi connectivity index (χ4v) is 2.17. The van der Waals surface area contributed by atoms with E-state index in [1.165, 1.54) is 70.6 Å². The highest BCUT2D eigenvalue weighted by molar-refractivity contribution is 5.53. The maximum atomic E-state index is 10.3. The van der Waals surface area contributed by atoms with Gasteiger partial charge in [-0.15, -0.1) is 0 Å². The minimum Gasteiger partial charge on any atom is -0.291 e. The van der Waals surface area contributed by atoms with E-state index in [0.29, 0.717) is 0 Å². The summed E-state index contributed by atoms with van der Waals surface area (Å²) in [5.74, 6) is 0.147. The van der Waals surface area contributed by atoms with Crippen molar-refractivity contribution in [1.29, 1.82) is 0 Å². The standard InChI is InChI=1S/C16H31O/c1-3-4-5-6-7-8-9-10-11-12-13-14-16(2)15-17/h16H,3-14H2,1-2H3/t16-/m1/s1. The third-order valence-electron chi connectivity index (χ3n) is 3.44. The van der Waals surface area contributed by atoms with Crippen LogP contribution in [-0.2, 0) is 4.79 Å². The molecule has 0 amide bonds. The van der Waals surface area contributed by atoms with Crippen LogP contribution in [0, 0.1) is 5.92 Å². The maximum Gasteiger partial charge on any atom is 0.201 e.